The van der Waals surface area contributed by atoms with Crippen molar-refractivity contribution in [2.24, 2.45) is 0 Å². The fourth-order valence-electron chi connectivity index (χ4n) is 2.12. The summed E-state index contributed by atoms with van der Waals surface area (Å²) in [4.78, 5) is 2.37. The Balaban J connectivity index is 2.68. The summed E-state index contributed by atoms with van der Waals surface area (Å²) < 4.78 is 13.8. The van der Waals surface area contributed by atoms with Crippen LogP contribution < -0.4 is 5.32 Å². The summed E-state index contributed by atoms with van der Waals surface area (Å²) in [7, 11) is 1.89. The van der Waals surface area contributed by atoms with E-state index in [-0.39, 0.29) is 11.9 Å². The number of nitrogens with one attached hydrogen (secondary N) is 1. The normalized spacial score (nSPS) is 12.9. The zero-order valence-corrected chi connectivity index (χ0v) is 11.7. The first kappa shape index (κ1) is 15.1. The predicted octanol–water partition coefficient (Wildman–Crippen LogP) is 3.21. The fraction of sp³-hybridized carbons (Fsp3) is 0.600. The van der Waals surface area contributed by atoms with Gasteiger partial charge in [0.1, 0.15) is 5.82 Å². The highest BCUT2D eigenvalue weighted by atomic mass is 19.1. The second kappa shape index (κ2) is 8.22. The van der Waals surface area contributed by atoms with Gasteiger partial charge in [0.15, 0.2) is 0 Å². The highest BCUT2D eigenvalue weighted by molar-refractivity contribution is 5.21. The van der Waals surface area contributed by atoms with Crippen molar-refractivity contribution in [3.63, 3.8) is 0 Å². The first-order valence-electron chi connectivity index (χ1n) is 6.86. The van der Waals surface area contributed by atoms with Gasteiger partial charge in [0.05, 0.1) is 0 Å². The molecule has 0 heterocycles. The summed E-state index contributed by atoms with van der Waals surface area (Å²) in [6.45, 7) is 7.30. The third kappa shape index (κ3) is 4.39. The van der Waals surface area contributed by atoms with Crippen molar-refractivity contribution in [2.45, 2.75) is 32.7 Å². The molecule has 0 radical (unpaired) electrons. The maximum absolute atomic E-state index is 13.8. The minimum absolute atomic E-state index is 0.0583. The number of unbranched alkanes of at least 4 members (excludes halogenated alkanes) is 1. The molecule has 0 saturated heterocycles. The molecule has 18 heavy (non-hydrogen) atoms. The maximum Gasteiger partial charge on any atom is 0.128 e. The van der Waals surface area contributed by atoms with Crippen LogP contribution in [0.2, 0.25) is 0 Å². The molecule has 1 unspecified atom stereocenters. The highest BCUT2D eigenvalue weighted by Crippen LogP contribution is 2.17. The summed E-state index contributed by atoms with van der Waals surface area (Å²) in [5, 5.41) is 3.22. The molecule has 0 aromatic heterocycles. The molecule has 1 aromatic carbocycles. The van der Waals surface area contributed by atoms with Crippen LogP contribution in [0.4, 0.5) is 4.39 Å². The lowest BCUT2D eigenvalue weighted by molar-refractivity contribution is 0.252. The summed E-state index contributed by atoms with van der Waals surface area (Å²) in [6.07, 6.45) is 2.39. The molecule has 1 atom stereocenters. The monoisotopic (exact) mass is 252 g/mol. The maximum atomic E-state index is 13.8. The van der Waals surface area contributed by atoms with E-state index in [1.165, 1.54) is 18.9 Å². The van der Waals surface area contributed by atoms with Gasteiger partial charge in [-0.15, -0.1) is 0 Å². The molecule has 0 aliphatic heterocycles. The van der Waals surface area contributed by atoms with Gasteiger partial charge in [-0.2, -0.15) is 0 Å². The predicted molar refractivity (Wildman–Crippen MR) is 75.2 cm³/mol. The van der Waals surface area contributed by atoms with Crippen molar-refractivity contribution < 1.29 is 4.39 Å². The second-order valence-corrected chi connectivity index (χ2v) is 4.61. The van der Waals surface area contributed by atoms with Crippen molar-refractivity contribution in [2.75, 3.05) is 26.7 Å². The molecule has 0 fully saturated rings. The summed E-state index contributed by atoms with van der Waals surface area (Å²) in [6, 6.07) is 7.08. The number of hydrogen-bond donors (Lipinski definition) is 1. The van der Waals surface area contributed by atoms with Gasteiger partial charge in [0.25, 0.3) is 0 Å². The number of rotatable bonds is 8. The van der Waals surface area contributed by atoms with Crippen molar-refractivity contribution >= 4 is 0 Å². The van der Waals surface area contributed by atoms with Crippen LogP contribution in [-0.2, 0) is 0 Å². The number of halogens is 1. The van der Waals surface area contributed by atoms with Crippen LogP contribution in [0.3, 0.4) is 0 Å². The number of hydrogen-bond acceptors (Lipinski definition) is 2. The van der Waals surface area contributed by atoms with Crippen LogP contribution in [0, 0.1) is 5.82 Å². The molecule has 3 heteroatoms. The van der Waals surface area contributed by atoms with Crippen molar-refractivity contribution in [3.8, 4) is 0 Å². The van der Waals surface area contributed by atoms with Gasteiger partial charge in [-0.05, 0) is 32.6 Å². The Hall–Kier alpha value is -0.930. The van der Waals surface area contributed by atoms with Gasteiger partial charge < -0.3 is 10.2 Å². The largest absolute Gasteiger partial charge is 0.312 e. The van der Waals surface area contributed by atoms with E-state index < -0.39 is 0 Å². The van der Waals surface area contributed by atoms with Gasteiger partial charge in [-0.25, -0.2) is 4.39 Å². The minimum Gasteiger partial charge on any atom is -0.312 e. The van der Waals surface area contributed by atoms with E-state index >= 15 is 0 Å². The zero-order valence-electron chi connectivity index (χ0n) is 11.7. The van der Waals surface area contributed by atoms with Crippen molar-refractivity contribution in [3.05, 3.63) is 35.6 Å². The minimum atomic E-state index is -0.122. The third-order valence-electron chi connectivity index (χ3n) is 3.34. The number of likely N-dealkylation sites (N-methyl/N-ethyl adjacent to an activating group) is 2. The Bertz CT molecular complexity index is 341. The lowest BCUT2D eigenvalue weighted by atomic mass is 10.1. The third-order valence-corrected chi connectivity index (χ3v) is 3.34. The van der Waals surface area contributed by atoms with Crippen LogP contribution in [0.1, 0.15) is 38.3 Å². The molecule has 1 rings (SSSR count). The van der Waals surface area contributed by atoms with Gasteiger partial charge in [0, 0.05) is 18.2 Å². The molecule has 102 valence electrons. The molecule has 0 aliphatic rings. The fourth-order valence-corrected chi connectivity index (χ4v) is 2.12. The van der Waals surface area contributed by atoms with Crippen LogP contribution >= 0.6 is 0 Å². The molecule has 0 bridgehead atoms. The summed E-state index contributed by atoms with van der Waals surface area (Å²) in [5.74, 6) is -0.122. The SMILES string of the molecule is CCCCN(CC)CC(NC)c1ccccc1F. The Kier molecular flexibility index (Phi) is 6.91. The molecule has 2 nitrogen and oxygen atoms in total. The number of nitrogens with zero attached hydrogens (tertiary/aromatic N) is 1. The molecule has 0 saturated carbocycles. The Morgan fingerprint density at radius 2 is 2.00 bits per heavy atom. The summed E-state index contributed by atoms with van der Waals surface area (Å²) >= 11 is 0. The Morgan fingerprint density at radius 1 is 1.28 bits per heavy atom. The van der Waals surface area contributed by atoms with E-state index in [4.69, 9.17) is 0 Å². The molecule has 0 aliphatic carbocycles. The van der Waals surface area contributed by atoms with Gasteiger partial charge in [-0.3, -0.25) is 0 Å². The smallest absolute Gasteiger partial charge is 0.128 e. The Morgan fingerprint density at radius 3 is 2.56 bits per heavy atom. The molecule has 0 spiro atoms. The quantitative estimate of drug-likeness (QED) is 0.764. The molecular weight excluding hydrogens is 227 g/mol. The average molecular weight is 252 g/mol. The number of benzene rings is 1. The van der Waals surface area contributed by atoms with Crippen LogP contribution in [-0.4, -0.2) is 31.6 Å². The van der Waals surface area contributed by atoms with E-state index in [0.29, 0.717) is 0 Å². The van der Waals surface area contributed by atoms with Gasteiger partial charge in [-0.1, -0.05) is 38.5 Å². The first-order chi connectivity index (χ1) is 8.72. The van der Waals surface area contributed by atoms with Crippen LogP contribution in [0.5, 0.6) is 0 Å². The highest BCUT2D eigenvalue weighted by Gasteiger charge is 2.16. The van der Waals surface area contributed by atoms with Crippen molar-refractivity contribution in [1.29, 1.82) is 0 Å². The van der Waals surface area contributed by atoms with Gasteiger partial charge >= 0.3 is 0 Å². The summed E-state index contributed by atoms with van der Waals surface area (Å²) in [5.41, 5.74) is 0.759. The van der Waals surface area contributed by atoms with E-state index in [2.05, 4.69) is 24.1 Å². The Labute approximate surface area is 110 Å². The molecular formula is C15H25FN2. The lowest BCUT2D eigenvalue weighted by Crippen LogP contribution is -2.34. The van der Waals surface area contributed by atoms with E-state index in [1.54, 1.807) is 6.07 Å². The zero-order chi connectivity index (χ0) is 13.4. The second-order valence-electron chi connectivity index (χ2n) is 4.61. The first-order valence-corrected chi connectivity index (χ1v) is 6.86. The van der Waals surface area contributed by atoms with Crippen LogP contribution in [0.25, 0.3) is 0 Å². The molecule has 1 aromatic rings. The van der Waals surface area contributed by atoms with Crippen LogP contribution in [0.15, 0.2) is 24.3 Å². The topological polar surface area (TPSA) is 15.3 Å². The molecule has 1 N–H and O–H groups in total. The van der Waals surface area contributed by atoms with E-state index in [9.17, 15) is 4.39 Å². The molecule has 0 amide bonds. The van der Waals surface area contributed by atoms with Crippen molar-refractivity contribution in [1.82, 2.24) is 10.2 Å². The van der Waals surface area contributed by atoms with E-state index in [0.717, 1.165) is 25.2 Å². The van der Waals surface area contributed by atoms with Gasteiger partial charge in [0.2, 0.25) is 0 Å². The lowest BCUT2D eigenvalue weighted by Gasteiger charge is -2.26. The standard InChI is InChI=1S/C15H25FN2/c1-4-6-11-18(5-2)12-15(17-3)13-9-7-8-10-14(13)16/h7-10,15,17H,4-6,11-12H2,1-3H3. The average Bonchev–Trinajstić information content (AvgIpc) is 2.40. The van der Waals surface area contributed by atoms with E-state index in [1.807, 2.05) is 19.2 Å².